The molecule has 0 unspecified atom stereocenters. The van der Waals surface area contributed by atoms with Crippen LogP contribution in [0.5, 0.6) is 0 Å². The fourth-order valence-corrected chi connectivity index (χ4v) is 2.67. The van der Waals surface area contributed by atoms with E-state index in [0.29, 0.717) is 27.0 Å². The van der Waals surface area contributed by atoms with Crippen LogP contribution in [0.15, 0.2) is 42.0 Å². The van der Waals surface area contributed by atoms with E-state index < -0.39 is 10.8 Å². The van der Waals surface area contributed by atoms with Crippen molar-refractivity contribution in [3.8, 4) is 6.07 Å². The minimum Gasteiger partial charge on any atom is -0.383 e. The third-order valence-electron chi connectivity index (χ3n) is 3.28. The molecule has 0 radical (unpaired) electrons. The Kier molecular flexibility index (Phi) is 6.17. The van der Waals surface area contributed by atoms with E-state index in [2.05, 4.69) is 10.6 Å². The molecule has 2 aromatic carbocycles. The van der Waals surface area contributed by atoms with Crippen LogP contribution in [0, 0.1) is 21.4 Å². The van der Waals surface area contributed by atoms with Gasteiger partial charge in [-0.2, -0.15) is 5.26 Å². The first-order chi connectivity index (χ1) is 12.3. The Hall–Kier alpha value is -3.08. The SMILES string of the molecule is CNc1ccc(/C=C(\C#N)C(=O)Nc2cc(Cl)cc(Cl)c2)cc1[N+](=O)[O-]. The van der Waals surface area contributed by atoms with Crippen LogP contribution in [0.25, 0.3) is 6.08 Å². The van der Waals surface area contributed by atoms with Crippen molar-refractivity contribution in [1.29, 1.82) is 5.26 Å². The summed E-state index contributed by atoms with van der Waals surface area (Å²) in [6.07, 6.45) is 1.26. The van der Waals surface area contributed by atoms with Gasteiger partial charge in [-0.05, 0) is 35.9 Å². The van der Waals surface area contributed by atoms with Crippen molar-refractivity contribution in [1.82, 2.24) is 0 Å². The van der Waals surface area contributed by atoms with Crippen LogP contribution in [0.1, 0.15) is 5.56 Å². The van der Waals surface area contributed by atoms with E-state index in [1.165, 1.54) is 36.4 Å². The van der Waals surface area contributed by atoms with E-state index in [1.54, 1.807) is 19.2 Å². The summed E-state index contributed by atoms with van der Waals surface area (Å²) in [5, 5.41) is 26.2. The molecule has 0 atom stereocenters. The van der Waals surface area contributed by atoms with Gasteiger partial charge in [0.15, 0.2) is 0 Å². The standard InChI is InChI=1S/C17H12Cl2N4O3/c1-21-15-3-2-10(5-16(15)23(25)26)4-11(9-20)17(24)22-14-7-12(18)6-13(19)8-14/h2-8,21H,1H3,(H,22,24)/b11-4+. The van der Waals surface area contributed by atoms with E-state index in [4.69, 9.17) is 23.2 Å². The fraction of sp³-hybridized carbons (Fsp3) is 0.0588. The maximum absolute atomic E-state index is 12.3. The highest BCUT2D eigenvalue weighted by Crippen LogP contribution is 2.26. The zero-order chi connectivity index (χ0) is 19.3. The first-order valence-corrected chi connectivity index (χ1v) is 7.95. The quantitative estimate of drug-likeness (QED) is 0.338. The average molecular weight is 391 g/mol. The highest BCUT2D eigenvalue weighted by Gasteiger charge is 2.15. The second kappa shape index (κ2) is 8.34. The summed E-state index contributed by atoms with van der Waals surface area (Å²) in [4.78, 5) is 22.8. The van der Waals surface area contributed by atoms with Gasteiger partial charge >= 0.3 is 0 Å². The molecule has 132 valence electrons. The zero-order valence-corrected chi connectivity index (χ0v) is 14.9. The summed E-state index contributed by atoms with van der Waals surface area (Å²) in [6.45, 7) is 0. The number of nitro groups is 1. The number of nitriles is 1. The van der Waals surface area contributed by atoms with Gasteiger partial charge in [0.2, 0.25) is 0 Å². The van der Waals surface area contributed by atoms with Crippen LogP contribution in [0.4, 0.5) is 17.1 Å². The molecule has 0 aromatic heterocycles. The summed E-state index contributed by atoms with van der Waals surface area (Å²) < 4.78 is 0. The van der Waals surface area contributed by atoms with Crippen molar-refractivity contribution in [3.05, 3.63) is 67.7 Å². The average Bonchev–Trinajstić information content (AvgIpc) is 2.58. The van der Waals surface area contributed by atoms with Crippen LogP contribution in [-0.2, 0) is 4.79 Å². The first kappa shape index (κ1) is 19.2. The lowest BCUT2D eigenvalue weighted by Crippen LogP contribution is -2.13. The molecule has 0 aliphatic heterocycles. The normalized spacial score (nSPS) is 10.8. The number of halogens is 2. The smallest absolute Gasteiger partial charge is 0.292 e. The number of carbonyl (C=O) groups excluding carboxylic acids is 1. The van der Waals surface area contributed by atoms with Gasteiger partial charge in [0.05, 0.1) is 4.92 Å². The molecule has 2 rings (SSSR count). The molecule has 0 bridgehead atoms. The topological polar surface area (TPSA) is 108 Å². The molecule has 0 saturated carbocycles. The predicted molar refractivity (Wildman–Crippen MR) is 101 cm³/mol. The van der Waals surface area contributed by atoms with Gasteiger partial charge in [0, 0.05) is 28.8 Å². The molecular weight excluding hydrogens is 379 g/mol. The van der Waals surface area contributed by atoms with Gasteiger partial charge in [0.1, 0.15) is 17.3 Å². The van der Waals surface area contributed by atoms with E-state index in [9.17, 15) is 20.2 Å². The third kappa shape index (κ3) is 4.72. The predicted octanol–water partition coefficient (Wildman–Crippen LogP) is 4.49. The van der Waals surface area contributed by atoms with E-state index in [1.807, 2.05) is 0 Å². The summed E-state index contributed by atoms with van der Waals surface area (Å²) in [6, 6.07) is 10.6. The van der Waals surface area contributed by atoms with E-state index in [-0.39, 0.29) is 11.3 Å². The number of nitrogens with one attached hydrogen (secondary N) is 2. The number of nitro benzene ring substituents is 1. The van der Waals surface area contributed by atoms with Gasteiger partial charge in [0.25, 0.3) is 11.6 Å². The Morgan fingerprint density at radius 1 is 1.23 bits per heavy atom. The maximum Gasteiger partial charge on any atom is 0.292 e. The highest BCUT2D eigenvalue weighted by atomic mass is 35.5. The number of benzene rings is 2. The van der Waals surface area contributed by atoms with Crippen LogP contribution >= 0.6 is 23.2 Å². The lowest BCUT2D eigenvalue weighted by Gasteiger charge is -2.06. The minimum atomic E-state index is -0.689. The summed E-state index contributed by atoms with van der Waals surface area (Å²) >= 11 is 11.7. The fourth-order valence-electron chi connectivity index (χ4n) is 2.14. The lowest BCUT2D eigenvalue weighted by molar-refractivity contribution is -0.384. The molecular formula is C17H12Cl2N4O3. The van der Waals surface area contributed by atoms with E-state index >= 15 is 0 Å². The van der Waals surface area contributed by atoms with Crippen molar-refractivity contribution in [2.24, 2.45) is 0 Å². The molecule has 7 nitrogen and oxygen atoms in total. The van der Waals surface area contributed by atoms with Gasteiger partial charge < -0.3 is 10.6 Å². The first-order valence-electron chi connectivity index (χ1n) is 7.19. The molecule has 0 fully saturated rings. The van der Waals surface area contributed by atoms with Gasteiger partial charge in [-0.3, -0.25) is 14.9 Å². The number of hydrogen-bond donors (Lipinski definition) is 2. The van der Waals surface area contributed by atoms with Gasteiger partial charge in [-0.25, -0.2) is 0 Å². The number of amides is 1. The molecule has 1 amide bonds. The van der Waals surface area contributed by atoms with Crippen LogP contribution in [0.2, 0.25) is 10.0 Å². The second-order valence-electron chi connectivity index (χ2n) is 5.07. The largest absolute Gasteiger partial charge is 0.383 e. The number of carbonyl (C=O) groups is 1. The highest BCUT2D eigenvalue weighted by molar-refractivity contribution is 6.35. The summed E-state index contributed by atoms with van der Waals surface area (Å²) in [5.74, 6) is -0.689. The number of hydrogen-bond acceptors (Lipinski definition) is 5. The molecule has 0 spiro atoms. The second-order valence-corrected chi connectivity index (χ2v) is 5.94. The Balaban J connectivity index is 2.32. The van der Waals surface area contributed by atoms with Crippen LogP contribution in [-0.4, -0.2) is 17.9 Å². The Bertz CT molecular complexity index is 931. The Labute approximate surface area is 159 Å². The van der Waals surface area contributed by atoms with Crippen LogP contribution < -0.4 is 10.6 Å². The molecule has 0 heterocycles. The lowest BCUT2D eigenvalue weighted by atomic mass is 10.1. The molecule has 26 heavy (non-hydrogen) atoms. The zero-order valence-electron chi connectivity index (χ0n) is 13.4. The number of rotatable bonds is 5. The van der Waals surface area contributed by atoms with E-state index in [0.717, 1.165) is 0 Å². The molecule has 0 aliphatic carbocycles. The summed E-state index contributed by atoms with van der Waals surface area (Å²) in [7, 11) is 1.56. The van der Waals surface area contributed by atoms with Crippen molar-refractivity contribution in [2.75, 3.05) is 17.7 Å². The molecule has 2 aromatic rings. The molecule has 0 aliphatic rings. The van der Waals surface area contributed by atoms with Crippen LogP contribution in [0.3, 0.4) is 0 Å². The van der Waals surface area contributed by atoms with Crippen molar-refractivity contribution < 1.29 is 9.72 Å². The Morgan fingerprint density at radius 3 is 2.42 bits per heavy atom. The van der Waals surface area contributed by atoms with Crippen molar-refractivity contribution >= 4 is 52.2 Å². The molecule has 9 heteroatoms. The third-order valence-corrected chi connectivity index (χ3v) is 3.72. The van der Waals surface area contributed by atoms with Crippen molar-refractivity contribution in [3.63, 3.8) is 0 Å². The van der Waals surface area contributed by atoms with Crippen molar-refractivity contribution in [2.45, 2.75) is 0 Å². The summed E-state index contributed by atoms with van der Waals surface area (Å²) in [5.41, 5.74) is 0.591. The maximum atomic E-state index is 12.3. The molecule has 0 saturated heterocycles. The van der Waals surface area contributed by atoms with Gasteiger partial charge in [-0.15, -0.1) is 0 Å². The Morgan fingerprint density at radius 2 is 1.88 bits per heavy atom. The monoisotopic (exact) mass is 390 g/mol. The number of anilines is 2. The minimum absolute atomic E-state index is 0.166. The molecule has 2 N–H and O–H groups in total. The van der Waals surface area contributed by atoms with Gasteiger partial charge in [-0.1, -0.05) is 29.3 Å². The number of nitrogens with zero attached hydrogens (tertiary/aromatic N) is 2.